The molecule has 0 aliphatic carbocycles. The fourth-order valence-electron chi connectivity index (χ4n) is 3.91. The zero-order valence-electron chi connectivity index (χ0n) is 20.9. The van der Waals surface area contributed by atoms with Crippen LogP contribution in [0.1, 0.15) is 13.3 Å². The van der Waals surface area contributed by atoms with Gasteiger partial charge in [-0.05, 0) is 56.2 Å². The number of ether oxygens (including phenoxy) is 1. The van der Waals surface area contributed by atoms with E-state index in [2.05, 4.69) is 37.9 Å². The highest BCUT2D eigenvalue weighted by Crippen LogP contribution is 2.38. The molecule has 0 bridgehead atoms. The average Bonchev–Trinajstić information content (AvgIpc) is 2.81. The van der Waals surface area contributed by atoms with Crippen LogP contribution in [0.4, 0.5) is 30.2 Å². The molecule has 3 rings (SSSR count). The number of rotatable bonds is 10. The van der Waals surface area contributed by atoms with E-state index < -0.39 is 37.7 Å². The lowest BCUT2D eigenvalue weighted by molar-refractivity contribution is -0.274. The lowest BCUT2D eigenvalue weighted by atomic mass is 10.2. The number of halogens is 3. The van der Waals surface area contributed by atoms with Gasteiger partial charge in [0.25, 0.3) is 0 Å². The standard InChI is InChI=1S/C24H32F3N6O3P/c1-5-13-33-22(31-17-9-7-8-10-20(17)37(3,4)35)28-15-29-23(33)32-18-14-16(30-21(34)6-2)11-12-19(18)36-24(25,26)27/h6-12,14,22-23,28-29,31-32H,2,5,13,15H2,1,3-4H3,(H,30,34). The van der Waals surface area contributed by atoms with Gasteiger partial charge in [-0.15, -0.1) is 13.2 Å². The molecule has 1 amide bonds. The number of para-hydroxylation sites is 1. The van der Waals surface area contributed by atoms with Gasteiger partial charge in [-0.2, -0.15) is 0 Å². The summed E-state index contributed by atoms with van der Waals surface area (Å²) in [6.07, 6.45) is -4.18. The molecule has 202 valence electrons. The number of carbonyl (C=O) groups excluding carboxylic acids is 1. The number of alkyl halides is 3. The van der Waals surface area contributed by atoms with Gasteiger partial charge in [0, 0.05) is 23.2 Å². The highest BCUT2D eigenvalue weighted by atomic mass is 31.2. The van der Waals surface area contributed by atoms with E-state index in [4.69, 9.17) is 0 Å². The van der Waals surface area contributed by atoms with Gasteiger partial charge < -0.3 is 25.3 Å². The van der Waals surface area contributed by atoms with E-state index in [1.807, 2.05) is 36.1 Å². The van der Waals surface area contributed by atoms with Crippen molar-refractivity contribution in [3.63, 3.8) is 0 Å². The van der Waals surface area contributed by atoms with E-state index in [-0.39, 0.29) is 11.4 Å². The quantitative estimate of drug-likeness (QED) is 0.228. The Bertz CT molecular complexity index is 1160. The summed E-state index contributed by atoms with van der Waals surface area (Å²) in [4.78, 5) is 13.7. The van der Waals surface area contributed by atoms with Crippen LogP contribution in [0.2, 0.25) is 0 Å². The largest absolute Gasteiger partial charge is 0.573 e. The summed E-state index contributed by atoms with van der Waals surface area (Å²) in [5.74, 6) is -0.955. The van der Waals surface area contributed by atoms with Gasteiger partial charge in [0.15, 0.2) is 5.75 Å². The summed E-state index contributed by atoms with van der Waals surface area (Å²) >= 11 is 0. The SMILES string of the molecule is C=CC(=O)Nc1ccc(OC(F)(F)F)c(NC2NCNC(Nc3ccccc3P(C)(C)=O)N2CCC)c1. The Morgan fingerprint density at radius 1 is 1.16 bits per heavy atom. The first kappa shape index (κ1) is 28.5. The lowest BCUT2D eigenvalue weighted by Crippen LogP contribution is -2.68. The molecule has 37 heavy (non-hydrogen) atoms. The zero-order chi connectivity index (χ0) is 27.2. The monoisotopic (exact) mass is 540 g/mol. The molecular weight excluding hydrogens is 508 g/mol. The molecule has 2 atom stereocenters. The molecular formula is C24H32F3N6O3P. The first-order valence-electron chi connectivity index (χ1n) is 11.6. The predicted molar refractivity (Wildman–Crippen MR) is 140 cm³/mol. The number of hydrogen-bond acceptors (Lipinski definition) is 8. The second-order valence-corrected chi connectivity index (χ2v) is 11.9. The molecule has 1 aliphatic heterocycles. The van der Waals surface area contributed by atoms with Crippen LogP contribution in [0.15, 0.2) is 55.1 Å². The molecule has 1 saturated heterocycles. The number of nitrogens with zero attached hydrogens (tertiary/aromatic N) is 1. The average molecular weight is 541 g/mol. The second-order valence-electron chi connectivity index (χ2n) is 8.74. The highest BCUT2D eigenvalue weighted by Gasteiger charge is 2.34. The number of hydrogen-bond donors (Lipinski definition) is 5. The van der Waals surface area contributed by atoms with Gasteiger partial charge in [-0.25, -0.2) is 4.90 Å². The number of anilines is 3. The lowest BCUT2D eigenvalue weighted by Gasteiger charge is -2.44. The maximum absolute atomic E-state index is 13.1. The van der Waals surface area contributed by atoms with E-state index in [0.717, 1.165) is 18.6 Å². The third-order valence-electron chi connectivity index (χ3n) is 5.46. The molecule has 9 nitrogen and oxygen atoms in total. The van der Waals surface area contributed by atoms with E-state index in [0.29, 0.717) is 24.2 Å². The minimum atomic E-state index is -4.91. The van der Waals surface area contributed by atoms with Crippen molar-refractivity contribution >= 4 is 35.4 Å². The predicted octanol–water partition coefficient (Wildman–Crippen LogP) is 3.91. The van der Waals surface area contributed by atoms with E-state index >= 15 is 0 Å². The van der Waals surface area contributed by atoms with Crippen LogP contribution in [-0.2, 0) is 9.36 Å². The molecule has 0 spiro atoms. The fraction of sp³-hybridized carbons (Fsp3) is 0.375. The fourth-order valence-corrected chi connectivity index (χ4v) is 5.07. The minimum Gasteiger partial charge on any atom is -0.404 e. The van der Waals surface area contributed by atoms with Crippen molar-refractivity contribution in [1.29, 1.82) is 0 Å². The summed E-state index contributed by atoms with van der Waals surface area (Å²) in [6, 6.07) is 11.1. The summed E-state index contributed by atoms with van der Waals surface area (Å²) in [7, 11) is -2.58. The summed E-state index contributed by atoms with van der Waals surface area (Å²) in [5, 5.41) is 16.2. The molecule has 2 aromatic carbocycles. The van der Waals surface area contributed by atoms with Crippen LogP contribution < -0.4 is 36.6 Å². The highest BCUT2D eigenvalue weighted by molar-refractivity contribution is 7.70. The van der Waals surface area contributed by atoms with Gasteiger partial charge >= 0.3 is 6.36 Å². The number of benzene rings is 2. The molecule has 5 N–H and O–H groups in total. The van der Waals surface area contributed by atoms with Crippen molar-refractivity contribution in [2.75, 3.05) is 42.5 Å². The third kappa shape index (κ3) is 7.96. The molecule has 13 heteroatoms. The van der Waals surface area contributed by atoms with Gasteiger partial charge in [-0.3, -0.25) is 15.4 Å². The Morgan fingerprint density at radius 3 is 2.41 bits per heavy atom. The van der Waals surface area contributed by atoms with Crippen LogP contribution in [0.5, 0.6) is 5.75 Å². The van der Waals surface area contributed by atoms with E-state index in [9.17, 15) is 22.5 Å². The Morgan fingerprint density at radius 2 is 1.81 bits per heavy atom. The number of amides is 1. The van der Waals surface area contributed by atoms with Crippen molar-refractivity contribution in [3.05, 3.63) is 55.1 Å². The van der Waals surface area contributed by atoms with Crippen molar-refractivity contribution in [2.24, 2.45) is 0 Å². The van der Waals surface area contributed by atoms with Gasteiger partial charge in [0.2, 0.25) is 5.91 Å². The number of carbonyl (C=O) groups is 1. The van der Waals surface area contributed by atoms with Gasteiger partial charge in [0.1, 0.15) is 19.7 Å². The summed E-state index contributed by atoms with van der Waals surface area (Å²) in [5.41, 5.74) is 0.985. The van der Waals surface area contributed by atoms with E-state index in [1.54, 1.807) is 13.3 Å². The van der Waals surface area contributed by atoms with Gasteiger partial charge in [0.05, 0.1) is 12.4 Å². The Labute approximate surface area is 214 Å². The maximum Gasteiger partial charge on any atom is 0.573 e. The zero-order valence-corrected chi connectivity index (χ0v) is 21.7. The maximum atomic E-state index is 13.1. The molecule has 2 unspecified atom stereocenters. The molecule has 2 aromatic rings. The minimum absolute atomic E-state index is 0.0189. The van der Waals surface area contributed by atoms with Crippen LogP contribution in [-0.4, -0.2) is 56.3 Å². The second kappa shape index (κ2) is 12.0. The van der Waals surface area contributed by atoms with Crippen LogP contribution in [0.3, 0.4) is 0 Å². The summed E-state index contributed by atoms with van der Waals surface area (Å²) in [6.45, 7) is 9.61. The molecule has 0 radical (unpaired) electrons. The van der Waals surface area contributed by atoms with Crippen molar-refractivity contribution < 1.29 is 27.3 Å². The Hall–Kier alpha value is -3.05. The first-order chi connectivity index (χ1) is 17.4. The normalized spacial score (nSPS) is 18.6. The number of nitrogens with one attached hydrogen (secondary N) is 5. The molecule has 0 saturated carbocycles. The first-order valence-corrected chi connectivity index (χ1v) is 14.2. The summed E-state index contributed by atoms with van der Waals surface area (Å²) < 4.78 is 56.4. The topological polar surface area (TPSA) is 107 Å². The molecule has 1 aliphatic rings. The molecule has 0 aromatic heterocycles. The molecule has 1 heterocycles. The smallest absolute Gasteiger partial charge is 0.404 e. The Kier molecular flexibility index (Phi) is 9.25. The van der Waals surface area contributed by atoms with Crippen molar-refractivity contribution in [2.45, 2.75) is 32.3 Å². The Balaban J connectivity index is 1.91. The van der Waals surface area contributed by atoms with Crippen LogP contribution in [0, 0.1) is 0 Å². The van der Waals surface area contributed by atoms with Gasteiger partial charge in [-0.1, -0.05) is 25.6 Å². The van der Waals surface area contributed by atoms with Crippen LogP contribution in [0.25, 0.3) is 0 Å². The van der Waals surface area contributed by atoms with E-state index in [1.165, 1.54) is 12.1 Å². The third-order valence-corrected chi connectivity index (χ3v) is 7.01. The molecule has 1 fully saturated rings. The van der Waals surface area contributed by atoms with Crippen molar-refractivity contribution in [3.8, 4) is 5.75 Å². The van der Waals surface area contributed by atoms with Crippen molar-refractivity contribution in [1.82, 2.24) is 15.5 Å². The van der Waals surface area contributed by atoms with Crippen LogP contribution >= 0.6 is 7.14 Å².